The van der Waals surface area contributed by atoms with Crippen LogP contribution < -0.4 is 5.32 Å². The molecule has 0 aliphatic carbocycles. The van der Waals surface area contributed by atoms with Crippen molar-refractivity contribution < 1.29 is 14.8 Å². The molecular weight excluding hydrogens is 268 g/mol. The summed E-state index contributed by atoms with van der Waals surface area (Å²) in [7, 11) is 0. The number of carbonyl (C=O) groups excluding carboxylic acids is 1. The number of thioether (sulfide) groups is 1. The Kier molecular flexibility index (Phi) is 5.78. The first-order valence-corrected chi connectivity index (χ1v) is 6.65. The highest BCUT2D eigenvalue weighted by Crippen LogP contribution is 2.25. The van der Waals surface area contributed by atoms with E-state index >= 15 is 0 Å². The monoisotopic (exact) mass is 284 g/mol. The molecule has 0 fully saturated rings. The Hall–Kier alpha value is -1.60. The standard InChI is InChI=1S/C12H16N2O4S/c1-8(15)7-13-12(16)9(2)19-11-5-3-10(4-6-11)14(17)18/h3-6,8-9,15H,7H2,1-2H3,(H,13,16). The molecule has 1 amide bonds. The van der Waals surface area contributed by atoms with Crippen LogP contribution in [-0.2, 0) is 4.79 Å². The number of amides is 1. The van der Waals surface area contributed by atoms with Crippen LogP contribution in [0.5, 0.6) is 0 Å². The minimum absolute atomic E-state index is 0.0237. The zero-order valence-electron chi connectivity index (χ0n) is 10.7. The third-order valence-corrected chi connectivity index (χ3v) is 3.41. The molecular formula is C12H16N2O4S. The molecule has 0 aliphatic rings. The van der Waals surface area contributed by atoms with Gasteiger partial charge >= 0.3 is 0 Å². The number of rotatable bonds is 6. The van der Waals surface area contributed by atoms with Crippen molar-refractivity contribution in [1.29, 1.82) is 0 Å². The van der Waals surface area contributed by atoms with Gasteiger partial charge in [-0.05, 0) is 26.0 Å². The Labute approximate surface area is 115 Å². The lowest BCUT2D eigenvalue weighted by molar-refractivity contribution is -0.384. The molecule has 2 N–H and O–H groups in total. The maximum Gasteiger partial charge on any atom is 0.269 e. The average molecular weight is 284 g/mol. The number of aliphatic hydroxyl groups excluding tert-OH is 1. The van der Waals surface area contributed by atoms with Gasteiger partial charge in [0.05, 0.1) is 16.3 Å². The quantitative estimate of drug-likeness (QED) is 0.470. The number of hydrogen-bond donors (Lipinski definition) is 2. The largest absolute Gasteiger partial charge is 0.392 e. The molecule has 1 aromatic carbocycles. The first kappa shape index (κ1) is 15.5. The van der Waals surface area contributed by atoms with Gasteiger partial charge in [0.15, 0.2) is 0 Å². The Bertz CT molecular complexity index is 448. The SMILES string of the molecule is CC(O)CNC(=O)C(C)Sc1ccc([N+](=O)[O-])cc1. The van der Waals surface area contributed by atoms with Crippen molar-refractivity contribution in [2.24, 2.45) is 0 Å². The second kappa shape index (κ2) is 7.10. The van der Waals surface area contributed by atoms with Crippen molar-refractivity contribution in [2.45, 2.75) is 30.1 Å². The van der Waals surface area contributed by atoms with Gasteiger partial charge in [-0.3, -0.25) is 14.9 Å². The van der Waals surface area contributed by atoms with Crippen LogP contribution in [0.2, 0.25) is 0 Å². The van der Waals surface area contributed by atoms with Crippen LogP contribution in [-0.4, -0.2) is 33.8 Å². The Morgan fingerprint density at radius 1 is 1.42 bits per heavy atom. The van der Waals surface area contributed by atoms with Gasteiger partial charge in [0.1, 0.15) is 0 Å². The Balaban J connectivity index is 2.54. The van der Waals surface area contributed by atoms with E-state index in [2.05, 4.69) is 5.32 Å². The van der Waals surface area contributed by atoms with Crippen molar-refractivity contribution in [3.8, 4) is 0 Å². The predicted octanol–water partition coefficient (Wildman–Crippen LogP) is 1.57. The summed E-state index contributed by atoms with van der Waals surface area (Å²) in [5.41, 5.74) is 0.0237. The van der Waals surface area contributed by atoms with Crippen molar-refractivity contribution >= 4 is 23.4 Å². The van der Waals surface area contributed by atoms with Gasteiger partial charge in [0.25, 0.3) is 5.69 Å². The lowest BCUT2D eigenvalue weighted by Crippen LogP contribution is -2.35. The van der Waals surface area contributed by atoms with E-state index in [1.807, 2.05) is 0 Å². The molecule has 0 heterocycles. The van der Waals surface area contributed by atoms with Gasteiger partial charge < -0.3 is 10.4 Å². The van der Waals surface area contributed by atoms with Crippen LogP contribution in [0.1, 0.15) is 13.8 Å². The summed E-state index contributed by atoms with van der Waals surface area (Å²) >= 11 is 1.31. The molecule has 0 radical (unpaired) electrons. The number of nitrogens with one attached hydrogen (secondary N) is 1. The fourth-order valence-electron chi connectivity index (χ4n) is 1.30. The molecule has 7 heteroatoms. The number of nitro groups is 1. The highest BCUT2D eigenvalue weighted by Gasteiger charge is 2.15. The third kappa shape index (κ3) is 5.27. The van der Waals surface area contributed by atoms with E-state index in [0.717, 1.165) is 4.90 Å². The predicted molar refractivity (Wildman–Crippen MR) is 73.1 cm³/mol. The van der Waals surface area contributed by atoms with Crippen molar-refractivity contribution in [3.05, 3.63) is 34.4 Å². The fraction of sp³-hybridized carbons (Fsp3) is 0.417. The summed E-state index contributed by atoms with van der Waals surface area (Å²) in [6.45, 7) is 3.54. The molecule has 0 spiro atoms. The number of nitro benzene ring substituents is 1. The highest BCUT2D eigenvalue weighted by atomic mass is 32.2. The molecule has 0 saturated carbocycles. The van der Waals surface area contributed by atoms with Crippen LogP contribution in [0, 0.1) is 10.1 Å². The number of aliphatic hydroxyl groups is 1. The lowest BCUT2D eigenvalue weighted by Gasteiger charge is -2.12. The molecule has 1 aromatic rings. The summed E-state index contributed by atoms with van der Waals surface area (Å²) in [5, 5.41) is 21.9. The second-order valence-electron chi connectivity index (χ2n) is 4.11. The first-order valence-electron chi connectivity index (χ1n) is 5.77. The summed E-state index contributed by atoms with van der Waals surface area (Å²) in [5.74, 6) is -0.177. The van der Waals surface area contributed by atoms with Crippen molar-refractivity contribution in [3.63, 3.8) is 0 Å². The van der Waals surface area contributed by atoms with E-state index in [0.29, 0.717) is 0 Å². The number of nitrogens with zero attached hydrogens (tertiary/aromatic N) is 1. The van der Waals surface area contributed by atoms with Crippen LogP contribution in [0.3, 0.4) is 0 Å². The van der Waals surface area contributed by atoms with Gasteiger partial charge in [0.2, 0.25) is 5.91 Å². The highest BCUT2D eigenvalue weighted by molar-refractivity contribution is 8.00. The van der Waals surface area contributed by atoms with E-state index < -0.39 is 11.0 Å². The molecule has 0 bridgehead atoms. The Morgan fingerprint density at radius 3 is 2.47 bits per heavy atom. The Morgan fingerprint density at radius 2 is 2.00 bits per heavy atom. The lowest BCUT2D eigenvalue weighted by atomic mass is 10.3. The molecule has 0 aromatic heterocycles. The maximum atomic E-state index is 11.7. The zero-order valence-corrected chi connectivity index (χ0v) is 11.5. The average Bonchev–Trinajstić information content (AvgIpc) is 2.36. The minimum atomic E-state index is -0.583. The van der Waals surface area contributed by atoms with E-state index in [1.54, 1.807) is 26.0 Å². The van der Waals surface area contributed by atoms with E-state index in [-0.39, 0.29) is 23.4 Å². The number of hydrogen-bond acceptors (Lipinski definition) is 5. The first-order chi connectivity index (χ1) is 8.90. The normalized spacial score (nSPS) is 13.6. The topological polar surface area (TPSA) is 92.5 Å². The van der Waals surface area contributed by atoms with Crippen molar-refractivity contribution in [2.75, 3.05) is 6.54 Å². The second-order valence-corrected chi connectivity index (χ2v) is 5.52. The minimum Gasteiger partial charge on any atom is -0.392 e. The summed E-state index contributed by atoms with van der Waals surface area (Å²) in [6, 6.07) is 6.04. The van der Waals surface area contributed by atoms with Crippen molar-refractivity contribution in [1.82, 2.24) is 5.32 Å². The van der Waals surface area contributed by atoms with Gasteiger partial charge in [-0.2, -0.15) is 0 Å². The van der Waals surface area contributed by atoms with E-state index in [1.165, 1.54) is 23.9 Å². The summed E-state index contributed by atoms with van der Waals surface area (Å²) in [6.07, 6.45) is -0.583. The number of non-ortho nitro benzene ring substituents is 1. The maximum absolute atomic E-state index is 11.7. The van der Waals surface area contributed by atoms with Gasteiger partial charge in [-0.1, -0.05) is 0 Å². The van der Waals surface area contributed by atoms with Crippen LogP contribution in [0.4, 0.5) is 5.69 Å². The van der Waals surface area contributed by atoms with Crippen LogP contribution in [0.25, 0.3) is 0 Å². The summed E-state index contributed by atoms with van der Waals surface area (Å²) < 4.78 is 0. The van der Waals surface area contributed by atoms with E-state index in [4.69, 9.17) is 5.11 Å². The molecule has 1 rings (SSSR count). The molecule has 0 aliphatic heterocycles. The molecule has 2 unspecified atom stereocenters. The molecule has 2 atom stereocenters. The van der Waals surface area contributed by atoms with Gasteiger partial charge in [-0.15, -0.1) is 11.8 Å². The third-order valence-electron chi connectivity index (χ3n) is 2.30. The smallest absolute Gasteiger partial charge is 0.269 e. The summed E-state index contributed by atoms with van der Waals surface area (Å²) in [4.78, 5) is 22.5. The van der Waals surface area contributed by atoms with Crippen LogP contribution in [0.15, 0.2) is 29.2 Å². The fourth-order valence-corrected chi connectivity index (χ4v) is 2.19. The van der Waals surface area contributed by atoms with Gasteiger partial charge in [0, 0.05) is 23.6 Å². The van der Waals surface area contributed by atoms with Crippen LogP contribution >= 0.6 is 11.8 Å². The molecule has 0 saturated heterocycles. The molecule has 6 nitrogen and oxygen atoms in total. The van der Waals surface area contributed by atoms with E-state index in [9.17, 15) is 14.9 Å². The zero-order chi connectivity index (χ0) is 14.4. The van der Waals surface area contributed by atoms with Gasteiger partial charge in [-0.25, -0.2) is 0 Å². The number of carbonyl (C=O) groups is 1. The molecule has 19 heavy (non-hydrogen) atoms. The number of benzene rings is 1. The molecule has 104 valence electrons.